The van der Waals surface area contributed by atoms with E-state index in [9.17, 15) is 4.79 Å². The van der Waals surface area contributed by atoms with Crippen LogP contribution >= 0.6 is 0 Å². The summed E-state index contributed by atoms with van der Waals surface area (Å²) in [5, 5.41) is 6.26. The predicted octanol–water partition coefficient (Wildman–Crippen LogP) is 2.15. The summed E-state index contributed by atoms with van der Waals surface area (Å²) in [6.45, 7) is 7.04. The van der Waals surface area contributed by atoms with Crippen LogP contribution in [0.5, 0.6) is 0 Å². The van der Waals surface area contributed by atoms with Crippen molar-refractivity contribution in [3.8, 4) is 0 Å². The zero-order valence-electron chi connectivity index (χ0n) is 13.4. The topological polar surface area (TPSA) is 44.4 Å². The van der Waals surface area contributed by atoms with Crippen LogP contribution in [0.25, 0.3) is 0 Å². The van der Waals surface area contributed by atoms with Gasteiger partial charge in [0.2, 0.25) is 5.91 Å². The lowest BCUT2D eigenvalue weighted by Crippen LogP contribution is -2.42. The van der Waals surface area contributed by atoms with Crippen molar-refractivity contribution >= 4 is 11.6 Å². The Morgan fingerprint density at radius 2 is 2.14 bits per heavy atom. The number of carbonyl (C=O) groups excluding carboxylic acids is 1. The Morgan fingerprint density at radius 1 is 1.38 bits per heavy atom. The van der Waals surface area contributed by atoms with E-state index in [0.29, 0.717) is 6.04 Å². The molecule has 0 saturated carbocycles. The SMILES string of the molecule is CNC(=O)C1CCCN(c2ccccc2CNC(C)C)C1. The van der Waals surface area contributed by atoms with Crippen LogP contribution in [0.2, 0.25) is 0 Å². The third-order valence-electron chi connectivity index (χ3n) is 4.07. The minimum atomic E-state index is 0.106. The molecular weight excluding hydrogens is 262 g/mol. The molecule has 0 aromatic heterocycles. The molecule has 1 aliphatic rings. The highest BCUT2D eigenvalue weighted by molar-refractivity contribution is 5.79. The van der Waals surface area contributed by atoms with E-state index < -0.39 is 0 Å². The highest BCUT2D eigenvalue weighted by Gasteiger charge is 2.26. The maximum atomic E-state index is 11.9. The molecule has 1 unspecified atom stereocenters. The number of rotatable bonds is 5. The van der Waals surface area contributed by atoms with Crippen LogP contribution in [-0.2, 0) is 11.3 Å². The normalized spacial score (nSPS) is 18.9. The summed E-state index contributed by atoms with van der Waals surface area (Å²) < 4.78 is 0. The maximum Gasteiger partial charge on any atom is 0.224 e. The molecule has 1 aliphatic heterocycles. The Morgan fingerprint density at radius 3 is 2.86 bits per heavy atom. The van der Waals surface area contributed by atoms with Crippen molar-refractivity contribution in [3.63, 3.8) is 0 Å². The van der Waals surface area contributed by atoms with Gasteiger partial charge < -0.3 is 15.5 Å². The smallest absolute Gasteiger partial charge is 0.224 e. The van der Waals surface area contributed by atoms with Crippen molar-refractivity contribution in [1.82, 2.24) is 10.6 Å². The first kappa shape index (κ1) is 15.8. The maximum absolute atomic E-state index is 11.9. The Balaban J connectivity index is 2.11. The second-order valence-electron chi connectivity index (χ2n) is 6.06. The molecule has 1 saturated heterocycles. The third-order valence-corrected chi connectivity index (χ3v) is 4.07. The summed E-state index contributed by atoms with van der Waals surface area (Å²) in [6, 6.07) is 8.98. The van der Waals surface area contributed by atoms with E-state index in [1.54, 1.807) is 7.05 Å². The van der Waals surface area contributed by atoms with Gasteiger partial charge in [0, 0.05) is 38.4 Å². The molecule has 0 spiro atoms. The van der Waals surface area contributed by atoms with E-state index in [1.165, 1.54) is 11.3 Å². The average Bonchev–Trinajstić information content (AvgIpc) is 2.52. The van der Waals surface area contributed by atoms with Gasteiger partial charge in [0.15, 0.2) is 0 Å². The van der Waals surface area contributed by atoms with Crippen LogP contribution in [0.15, 0.2) is 24.3 Å². The molecule has 1 aromatic carbocycles. The Kier molecular flexibility index (Phi) is 5.62. The van der Waals surface area contributed by atoms with Gasteiger partial charge in [0.05, 0.1) is 5.92 Å². The van der Waals surface area contributed by atoms with Crippen LogP contribution in [0.3, 0.4) is 0 Å². The van der Waals surface area contributed by atoms with Gasteiger partial charge in [-0.25, -0.2) is 0 Å². The van der Waals surface area contributed by atoms with E-state index in [0.717, 1.165) is 32.5 Å². The van der Waals surface area contributed by atoms with Crippen LogP contribution < -0.4 is 15.5 Å². The largest absolute Gasteiger partial charge is 0.370 e. The number of para-hydroxylation sites is 1. The van der Waals surface area contributed by atoms with Crippen molar-refractivity contribution in [2.75, 3.05) is 25.0 Å². The van der Waals surface area contributed by atoms with Gasteiger partial charge in [-0.15, -0.1) is 0 Å². The first-order valence-electron chi connectivity index (χ1n) is 7.89. The number of amides is 1. The molecule has 1 atom stereocenters. The Bertz CT molecular complexity index is 473. The summed E-state index contributed by atoms with van der Waals surface area (Å²) in [5.41, 5.74) is 2.57. The molecule has 116 valence electrons. The van der Waals surface area contributed by atoms with Gasteiger partial charge in [0.25, 0.3) is 0 Å². The molecule has 1 amide bonds. The van der Waals surface area contributed by atoms with Crippen molar-refractivity contribution < 1.29 is 4.79 Å². The van der Waals surface area contributed by atoms with Gasteiger partial charge in [0.1, 0.15) is 0 Å². The summed E-state index contributed by atoms with van der Waals surface area (Å²) in [6.07, 6.45) is 2.06. The number of hydrogen-bond acceptors (Lipinski definition) is 3. The quantitative estimate of drug-likeness (QED) is 0.873. The highest BCUT2D eigenvalue weighted by atomic mass is 16.1. The zero-order chi connectivity index (χ0) is 15.2. The first-order valence-corrected chi connectivity index (χ1v) is 7.89. The predicted molar refractivity (Wildman–Crippen MR) is 87.4 cm³/mol. The molecule has 4 nitrogen and oxygen atoms in total. The number of hydrogen-bond donors (Lipinski definition) is 2. The van der Waals surface area contributed by atoms with Gasteiger partial charge >= 0.3 is 0 Å². The monoisotopic (exact) mass is 289 g/mol. The molecule has 1 fully saturated rings. The molecular formula is C17H27N3O. The van der Waals surface area contributed by atoms with Crippen LogP contribution in [0.4, 0.5) is 5.69 Å². The van der Waals surface area contributed by atoms with Gasteiger partial charge in [-0.05, 0) is 24.5 Å². The number of benzene rings is 1. The zero-order valence-corrected chi connectivity index (χ0v) is 13.4. The molecule has 1 heterocycles. The highest BCUT2D eigenvalue weighted by Crippen LogP contribution is 2.26. The van der Waals surface area contributed by atoms with E-state index in [1.807, 2.05) is 0 Å². The second kappa shape index (κ2) is 7.46. The summed E-state index contributed by atoms with van der Waals surface area (Å²) in [4.78, 5) is 14.3. The van der Waals surface area contributed by atoms with Gasteiger partial charge in [-0.1, -0.05) is 32.0 Å². The molecule has 0 bridgehead atoms. The number of carbonyl (C=O) groups is 1. The lowest BCUT2D eigenvalue weighted by molar-refractivity contribution is -0.124. The standard InChI is InChI=1S/C17H27N3O/c1-13(2)19-11-14-7-4-5-9-16(14)20-10-6-8-15(12-20)17(21)18-3/h4-5,7,9,13,15,19H,6,8,10-12H2,1-3H3,(H,18,21). The summed E-state index contributed by atoms with van der Waals surface area (Å²) in [7, 11) is 1.72. The lowest BCUT2D eigenvalue weighted by Gasteiger charge is -2.35. The van der Waals surface area contributed by atoms with Crippen molar-refractivity contribution in [2.45, 2.75) is 39.3 Å². The fourth-order valence-electron chi connectivity index (χ4n) is 2.90. The average molecular weight is 289 g/mol. The second-order valence-corrected chi connectivity index (χ2v) is 6.06. The Labute approximate surface area is 127 Å². The number of piperidine rings is 1. The van der Waals surface area contributed by atoms with Gasteiger partial charge in [-0.2, -0.15) is 0 Å². The van der Waals surface area contributed by atoms with Crippen molar-refractivity contribution in [2.24, 2.45) is 5.92 Å². The summed E-state index contributed by atoms with van der Waals surface area (Å²) >= 11 is 0. The first-order chi connectivity index (χ1) is 10.1. The number of nitrogens with one attached hydrogen (secondary N) is 2. The third kappa shape index (κ3) is 4.21. The van der Waals surface area contributed by atoms with Crippen molar-refractivity contribution in [1.29, 1.82) is 0 Å². The van der Waals surface area contributed by atoms with E-state index in [-0.39, 0.29) is 11.8 Å². The minimum Gasteiger partial charge on any atom is -0.370 e. The lowest BCUT2D eigenvalue weighted by atomic mass is 9.96. The van der Waals surface area contributed by atoms with Crippen LogP contribution in [0.1, 0.15) is 32.3 Å². The molecule has 0 aliphatic carbocycles. The van der Waals surface area contributed by atoms with E-state index in [4.69, 9.17) is 0 Å². The fourth-order valence-corrected chi connectivity index (χ4v) is 2.90. The molecule has 0 radical (unpaired) electrons. The van der Waals surface area contributed by atoms with Crippen LogP contribution in [0, 0.1) is 5.92 Å². The number of nitrogens with zero attached hydrogens (tertiary/aromatic N) is 1. The van der Waals surface area contributed by atoms with E-state index >= 15 is 0 Å². The molecule has 2 N–H and O–H groups in total. The molecule has 2 rings (SSSR count). The van der Waals surface area contributed by atoms with E-state index in [2.05, 4.69) is 53.6 Å². The Hall–Kier alpha value is -1.55. The number of anilines is 1. The molecule has 4 heteroatoms. The molecule has 1 aromatic rings. The van der Waals surface area contributed by atoms with Gasteiger partial charge in [-0.3, -0.25) is 4.79 Å². The van der Waals surface area contributed by atoms with Crippen LogP contribution in [-0.4, -0.2) is 32.1 Å². The summed E-state index contributed by atoms with van der Waals surface area (Å²) in [5.74, 6) is 0.271. The van der Waals surface area contributed by atoms with Crippen molar-refractivity contribution in [3.05, 3.63) is 29.8 Å². The molecule has 21 heavy (non-hydrogen) atoms. The fraction of sp³-hybridized carbons (Fsp3) is 0.588. The minimum absolute atomic E-state index is 0.106.